The van der Waals surface area contributed by atoms with E-state index in [2.05, 4.69) is 11.3 Å². The van der Waals surface area contributed by atoms with Crippen LogP contribution in [-0.4, -0.2) is 24.2 Å². The SMILES string of the molecule is FC(F)CN1[CH]C[C]=N1. The van der Waals surface area contributed by atoms with Crippen LogP contribution in [0.2, 0.25) is 0 Å². The summed E-state index contributed by atoms with van der Waals surface area (Å²) in [5, 5.41) is 4.72. The van der Waals surface area contributed by atoms with Crippen molar-refractivity contribution >= 4 is 6.21 Å². The third-order valence-electron chi connectivity index (χ3n) is 0.918. The van der Waals surface area contributed by atoms with Crippen LogP contribution >= 0.6 is 0 Å². The largest absolute Gasteiger partial charge is 0.285 e. The molecule has 9 heavy (non-hydrogen) atoms. The number of hydrogen-bond donors (Lipinski definition) is 0. The second kappa shape index (κ2) is 2.75. The summed E-state index contributed by atoms with van der Waals surface area (Å²) >= 11 is 0. The quantitative estimate of drug-likeness (QED) is 0.546. The van der Waals surface area contributed by atoms with Crippen molar-refractivity contribution < 1.29 is 8.78 Å². The number of nitrogens with zero attached hydrogens (tertiary/aromatic N) is 2. The van der Waals surface area contributed by atoms with Gasteiger partial charge in [0.25, 0.3) is 6.43 Å². The first-order valence-corrected chi connectivity index (χ1v) is 2.60. The smallest absolute Gasteiger partial charge is 0.257 e. The van der Waals surface area contributed by atoms with Crippen LogP contribution < -0.4 is 0 Å². The summed E-state index contributed by atoms with van der Waals surface area (Å²) in [6.07, 6.45) is 0.773. The first-order valence-electron chi connectivity index (χ1n) is 2.60. The number of hydrogen-bond acceptors (Lipinski definition) is 2. The summed E-state index contributed by atoms with van der Waals surface area (Å²) in [5.74, 6) is 0. The minimum atomic E-state index is -2.31. The van der Waals surface area contributed by atoms with E-state index < -0.39 is 6.43 Å². The summed E-state index contributed by atoms with van der Waals surface area (Å²) in [7, 11) is 0. The molecule has 0 bridgehead atoms. The Labute approximate surface area is 52.1 Å². The lowest BCUT2D eigenvalue weighted by molar-refractivity contribution is 0.105. The molecule has 1 aliphatic rings. The van der Waals surface area contributed by atoms with Gasteiger partial charge < -0.3 is 0 Å². The third kappa shape index (κ3) is 1.95. The topological polar surface area (TPSA) is 15.6 Å². The number of alkyl halides is 2. The van der Waals surface area contributed by atoms with Crippen molar-refractivity contribution in [2.45, 2.75) is 12.8 Å². The maximum atomic E-state index is 11.5. The van der Waals surface area contributed by atoms with Gasteiger partial charge >= 0.3 is 0 Å². The molecule has 0 N–H and O–H groups in total. The van der Waals surface area contributed by atoms with E-state index in [1.54, 1.807) is 6.54 Å². The normalized spacial score (nSPS) is 17.9. The average molecular weight is 132 g/mol. The van der Waals surface area contributed by atoms with Crippen LogP contribution in [0.15, 0.2) is 5.10 Å². The molecule has 0 aliphatic carbocycles. The van der Waals surface area contributed by atoms with Crippen LogP contribution in [0.4, 0.5) is 8.78 Å². The summed E-state index contributed by atoms with van der Waals surface area (Å²) in [6, 6.07) is 0. The van der Waals surface area contributed by atoms with Crippen molar-refractivity contribution in [3.63, 3.8) is 0 Å². The summed E-state index contributed by atoms with van der Waals surface area (Å²) < 4.78 is 23.1. The highest BCUT2D eigenvalue weighted by Gasteiger charge is 2.12. The molecule has 0 aromatic heterocycles. The van der Waals surface area contributed by atoms with E-state index >= 15 is 0 Å². The Hall–Kier alpha value is -0.670. The Morgan fingerprint density at radius 3 is 3.00 bits per heavy atom. The van der Waals surface area contributed by atoms with Gasteiger partial charge in [-0.25, -0.2) is 8.78 Å². The van der Waals surface area contributed by atoms with Gasteiger partial charge in [0.2, 0.25) is 0 Å². The number of halogens is 2. The van der Waals surface area contributed by atoms with E-state index in [1.165, 1.54) is 5.01 Å². The molecule has 0 unspecified atom stereocenters. The van der Waals surface area contributed by atoms with E-state index in [4.69, 9.17) is 0 Å². The molecule has 0 saturated heterocycles. The van der Waals surface area contributed by atoms with Gasteiger partial charge in [0.05, 0.1) is 19.3 Å². The van der Waals surface area contributed by atoms with Crippen molar-refractivity contribution in [2.75, 3.05) is 6.54 Å². The first-order chi connectivity index (χ1) is 4.29. The van der Waals surface area contributed by atoms with Gasteiger partial charge in [-0.1, -0.05) is 0 Å². The van der Waals surface area contributed by atoms with E-state index in [0.29, 0.717) is 6.42 Å². The Kier molecular flexibility index (Phi) is 1.97. The van der Waals surface area contributed by atoms with Crippen LogP contribution in [0.5, 0.6) is 0 Å². The molecule has 0 spiro atoms. The predicted octanol–water partition coefficient (Wildman–Crippen LogP) is 0.982. The molecule has 0 fully saturated rings. The second-order valence-corrected chi connectivity index (χ2v) is 1.66. The predicted molar refractivity (Wildman–Crippen MR) is 29.1 cm³/mol. The molecule has 1 heterocycles. The molecule has 0 aromatic carbocycles. The van der Waals surface area contributed by atoms with Gasteiger partial charge in [-0.2, -0.15) is 5.10 Å². The monoisotopic (exact) mass is 132 g/mol. The van der Waals surface area contributed by atoms with E-state index in [1.807, 2.05) is 0 Å². The van der Waals surface area contributed by atoms with Gasteiger partial charge in [-0.15, -0.1) is 0 Å². The molecule has 2 radical (unpaired) electrons. The Bertz CT molecular complexity index is 114. The second-order valence-electron chi connectivity index (χ2n) is 1.66. The van der Waals surface area contributed by atoms with Crippen LogP contribution in [0.25, 0.3) is 0 Å². The van der Waals surface area contributed by atoms with Crippen LogP contribution in [-0.2, 0) is 0 Å². The zero-order valence-electron chi connectivity index (χ0n) is 4.72. The van der Waals surface area contributed by atoms with E-state index in [-0.39, 0.29) is 6.54 Å². The van der Waals surface area contributed by atoms with Crippen molar-refractivity contribution in [2.24, 2.45) is 5.10 Å². The van der Waals surface area contributed by atoms with Crippen LogP contribution in [0.3, 0.4) is 0 Å². The van der Waals surface area contributed by atoms with Crippen molar-refractivity contribution in [3.8, 4) is 0 Å². The highest BCUT2D eigenvalue weighted by Crippen LogP contribution is 2.07. The van der Waals surface area contributed by atoms with Gasteiger partial charge in [-0.05, 0) is 0 Å². The Balaban J connectivity index is 2.20. The fraction of sp³-hybridized carbons (Fsp3) is 0.600. The van der Waals surface area contributed by atoms with Crippen molar-refractivity contribution in [3.05, 3.63) is 6.54 Å². The molecule has 2 nitrogen and oxygen atoms in total. The number of rotatable bonds is 2. The van der Waals surface area contributed by atoms with E-state index in [9.17, 15) is 8.78 Å². The zero-order valence-corrected chi connectivity index (χ0v) is 4.72. The standard InChI is InChI=1S/C5H6F2N2/c6-5(7)4-9-3-1-2-8-9/h3,5H,1,4H2. The van der Waals surface area contributed by atoms with Crippen molar-refractivity contribution in [1.29, 1.82) is 0 Å². The average Bonchev–Trinajstić information content (AvgIpc) is 2.15. The molecule has 0 atom stereocenters. The van der Waals surface area contributed by atoms with Crippen molar-refractivity contribution in [1.82, 2.24) is 5.01 Å². The molecule has 4 heteroatoms. The van der Waals surface area contributed by atoms with Gasteiger partial charge in [0.1, 0.15) is 0 Å². The fourth-order valence-corrected chi connectivity index (χ4v) is 0.575. The molecular formula is C5H6F2N2. The molecule has 1 rings (SSSR count). The molecular weight excluding hydrogens is 126 g/mol. The summed E-state index contributed by atoms with van der Waals surface area (Å²) in [5.41, 5.74) is 0. The third-order valence-corrected chi connectivity index (χ3v) is 0.918. The lowest BCUT2D eigenvalue weighted by Crippen LogP contribution is -2.17. The molecule has 0 saturated carbocycles. The maximum Gasteiger partial charge on any atom is 0.257 e. The molecule has 50 valence electrons. The Morgan fingerprint density at radius 1 is 1.78 bits per heavy atom. The zero-order chi connectivity index (χ0) is 6.69. The van der Waals surface area contributed by atoms with Gasteiger partial charge in [0, 0.05) is 6.42 Å². The minimum Gasteiger partial charge on any atom is -0.285 e. The van der Waals surface area contributed by atoms with E-state index in [0.717, 1.165) is 0 Å². The lowest BCUT2D eigenvalue weighted by atomic mass is 10.5. The molecule has 1 aliphatic heterocycles. The maximum absolute atomic E-state index is 11.5. The highest BCUT2D eigenvalue weighted by atomic mass is 19.3. The molecule has 0 aromatic rings. The molecule has 0 amide bonds. The lowest BCUT2D eigenvalue weighted by Gasteiger charge is -2.10. The summed E-state index contributed by atoms with van der Waals surface area (Å²) in [6.45, 7) is 1.26. The van der Waals surface area contributed by atoms with Gasteiger partial charge in [0.15, 0.2) is 0 Å². The Morgan fingerprint density at radius 2 is 2.56 bits per heavy atom. The van der Waals surface area contributed by atoms with Gasteiger partial charge in [-0.3, -0.25) is 5.01 Å². The van der Waals surface area contributed by atoms with Crippen LogP contribution in [0, 0.1) is 6.54 Å². The fourth-order valence-electron chi connectivity index (χ4n) is 0.575. The first kappa shape index (κ1) is 6.45. The minimum absolute atomic E-state index is 0.312. The summed E-state index contributed by atoms with van der Waals surface area (Å²) in [4.78, 5) is 0. The highest BCUT2D eigenvalue weighted by molar-refractivity contribution is 5.60. The number of hydrazone groups is 1. The van der Waals surface area contributed by atoms with Crippen LogP contribution in [0.1, 0.15) is 6.42 Å².